The molecule has 72 valence electrons. The zero-order valence-corrected chi connectivity index (χ0v) is 7.14. The maximum absolute atomic E-state index is 11.1. The second-order valence-corrected chi connectivity index (χ2v) is 2.53. The zero-order valence-electron chi connectivity index (χ0n) is 7.14. The van der Waals surface area contributed by atoms with E-state index in [-0.39, 0.29) is 5.56 Å². The average molecular weight is 193 g/mol. The molecule has 0 aliphatic rings. The summed E-state index contributed by atoms with van der Waals surface area (Å²) < 4.78 is 0. The van der Waals surface area contributed by atoms with E-state index in [1.165, 1.54) is 6.07 Å². The number of carbonyl (C=O) groups is 1. The van der Waals surface area contributed by atoms with Gasteiger partial charge in [0.1, 0.15) is 0 Å². The molecule has 0 aliphatic carbocycles. The van der Waals surface area contributed by atoms with Gasteiger partial charge >= 0.3 is 5.69 Å². The van der Waals surface area contributed by atoms with Crippen LogP contribution in [0.25, 0.3) is 0 Å². The summed E-state index contributed by atoms with van der Waals surface area (Å²) in [4.78, 5) is 20.7. The molecule has 14 heavy (non-hydrogen) atoms. The molecule has 0 aliphatic heterocycles. The molecule has 1 N–H and O–H groups in total. The van der Waals surface area contributed by atoms with Crippen molar-refractivity contribution in [3.8, 4) is 5.75 Å². The molecule has 0 spiro atoms. The molecule has 0 heterocycles. The summed E-state index contributed by atoms with van der Waals surface area (Å²) in [5.41, 5.74) is -0.359. The smallest absolute Gasteiger partial charge is 0.311 e. The second kappa shape index (κ2) is 3.69. The lowest BCUT2D eigenvalue weighted by molar-refractivity contribution is -0.385. The number of phenolic OH excluding ortho intramolecular Hbond substituents is 1. The average Bonchev–Trinajstić information content (AvgIpc) is 2.17. The summed E-state index contributed by atoms with van der Waals surface area (Å²) in [5.74, 6) is -0.885. The number of hydrogen-bond acceptors (Lipinski definition) is 4. The maximum atomic E-state index is 11.1. The van der Waals surface area contributed by atoms with Crippen molar-refractivity contribution in [2.24, 2.45) is 0 Å². The van der Waals surface area contributed by atoms with E-state index in [1.807, 2.05) is 0 Å². The fraction of sp³-hybridized carbons (Fsp3) is 0. The first kappa shape index (κ1) is 9.91. The predicted octanol–water partition coefficient (Wildman–Crippen LogP) is 1.67. The molecule has 0 aromatic heterocycles. The van der Waals surface area contributed by atoms with Crippen molar-refractivity contribution < 1.29 is 14.8 Å². The molecule has 0 radical (unpaired) electrons. The summed E-state index contributed by atoms with van der Waals surface area (Å²) in [6, 6.07) is 3.42. The highest BCUT2D eigenvalue weighted by Crippen LogP contribution is 2.26. The first-order valence-corrected chi connectivity index (χ1v) is 3.70. The Labute approximate surface area is 79.4 Å². The third-order valence-electron chi connectivity index (χ3n) is 1.64. The van der Waals surface area contributed by atoms with Crippen molar-refractivity contribution in [3.63, 3.8) is 0 Å². The standard InChI is InChI=1S/C9H7NO4/c1-2-8(11)6-3-4-9(12)7(5-6)10(13)14/h2-5,12H,1H2. The fourth-order valence-electron chi connectivity index (χ4n) is 0.941. The molecule has 0 saturated heterocycles. The minimum atomic E-state index is -0.755. The fourth-order valence-corrected chi connectivity index (χ4v) is 0.941. The summed E-state index contributed by atoms with van der Waals surface area (Å²) in [7, 11) is 0. The maximum Gasteiger partial charge on any atom is 0.311 e. The number of aromatic hydroxyl groups is 1. The van der Waals surface area contributed by atoms with Crippen LogP contribution in [0.4, 0.5) is 5.69 Å². The van der Waals surface area contributed by atoms with E-state index >= 15 is 0 Å². The molecule has 1 aromatic rings. The van der Waals surface area contributed by atoms with Crippen LogP contribution in [0.1, 0.15) is 10.4 Å². The SMILES string of the molecule is C=CC(=O)c1ccc(O)c([N+](=O)[O-])c1. The summed E-state index contributed by atoms with van der Waals surface area (Å²) in [5, 5.41) is 19.5. The van der Waals surface area contributed by atoms with Crippen LogP contribution < -0.4 is 0 Å². The van der Waals surface area contributed by atoms with Crippen LogP contribution in [0.5, 0.6) is 5.75 Å². The number of benzene rings is 1. The summed E-state index contributed by atoms with van der Waals surface area (Å²) in [6.07, 6.45) is 1.05. The Morgan fingerprint density at radius 2 is 2.21 bits per heavy atom. The van der Waals surface area contributed by atoms with E-state index in [0.29, 0.717) is 0 Å². The lowest BCUT2D eigenvalue weighted by atomic mass is 10.1. The minimum absolute atomic E-state index is 0.129. The van der Waals surface area contributed by atoms with Gasteiger partial charge in [0.05, 0.1) is 4.92 Å². The molecular formula is C9H7NO4. The number of phenols is 1. The van der Waals surface area contributed by atoms with E-state index in [4.69, 9.17) is 5.11 Å². The number of hydrogen-bond donors (Lipinski definition) is 1. The Hall–Kier alpha value is -2.17. The molecule has 0 atom stereocenters. The van der Waals surface area contributed by atoms with Crippen molar-refractivity contribution in [2.75, 3.05) is 0 Å². The van der Waals surface area contributed by atoms with Gasteiger partial charge in [-0.15, -0.1) is 0 Å². The van der Waals surface area contributed by atoms with Crippen LogP contribution in [-0.4, -0.2) is 15.8 Å². The topological polar surface area (TPSA) is 80.4 Å². The molecule has 0 unspecified atom stereocenters. The minimum Gasteiger partial charge on any atom is -0.502 e. The number of rotatable bonds is 3. The van der Waals surface area contributed by atoms with Crippen molar-refractivity contribution >= 4 is 11.5 Å². The molecular weight excluding hydrogens is 186 g/mol. The Morgan fingerprint density at radius 1 is 1.57 bits per heavy atom. The van der Waals surface area contributed by atoms with Crippen molar-refractivity contribution in [1.29, 1.82) is 0 Å². The molecule has 0 amide bonds. The molecule has 5 nitrogen and oxygen atoms in total. The Kier molecular flexibility index (Phi) is 2.62. The van der Waals surface area contributed by atoms with Crippen LogP contribution in [0.3, 0.4) is 0 Å². The van der Waals surface area contributed by atoms with Crippen LogP contribution in [-0.2, 0) is 0 Å². The number of nitro benzene ring substituents is 1. The highest BCUT2D eigenvalue weighted by Gasteiger charge is 2.15. The molecule has 1 rings (SSSR count). The normalized spacial score (nSPS) is 9.43. The van der Waals surface area contributed by atoms with Crippen LogP contribution in [0, 0.1) is 10.1 Å². The molecule has 5 heteroatoms. The van der Waals surface area contributed by atoms with E-state index in [1.54, 1.807) is 0 Å². The third kappa shape index (κ3) is 1.77. The Bertz CT molecular complexity index is 411. The Morgan fingerprint density at radius 3 is 2.71 bits per heavy atom. The summed E-state index contributed by atoms with van der Waals surface area (Å²) >= 11 is 0. The number of nitro groups is 1. The van der Waals surface area contributed by atoms with E-state index in [9.17, 15) is 14.9 Å². The van der Waals surface area contributed by atoms with Gasteiger partial charge in [0.2, 0.25) is 0 Å². The van der Waals surface area contributed by atoms with E-state index < -0.39 is 22.1 Å². The van der Waals surface area contributed by atoms with Crippen LogP contribution >= 0.6 is 0 Å². The highest BCUT2D eigenvalue weighted by molar-refractivity contribution is 6.04. The molecule has 0 bridgehead atoms. The van der Waals surface area contributed by atoms with Gasteiger partial charge in [-0.1, -0.05) is 6.58 Å². The van der Waals surface area contributed by atoms with Crippen LogP contribution in [0.15, 0.2) is 30.9 Å². The summed E-state index contributed by atoms with van der Waals surface area (Å²) in [6.45, 7) is 3.25. The molecule has 1 aromatic carbocycles. The number of nitrogens with zero attached hydrogens (tertiary/aromatic N) is 1. The third-order valence-corrected chi connectivity index (χ3v) is 1.64. The van der Waals surface area contributed by atoms with Crippen molar-refractivity contribution in [3.05, 3.63) is 46.5 Å². The molecule has 0 saturated carbocycles. The number of allylic oxidation sites excluding steroid dienone is 1. The van der Waals surface area contributed by atoms with Gasteiger partial charge in [0, 0.05) is 11.6 Å². The number of ketones is 1. The van der Waals surface area contributed by atoms with Gasteiger partial charge in [-0.2, -0.15) is 0 Å². The van der Waals surface area contributed by atoms with Crippen molar-refractivity contribution in [1.82, 2.24) is 0 Å². The first-order chi connectivity index (χ1) is 6.56. The zero-order chi connectivity index (χ0) is 10.7. The van der Waals surface area contributed by atoms with Gasteiger partial charge in [-0.25, -0.2) is 0 Å². The van der Waals surface area contributed by atoms with Crippen molar-refractivity contribution in [2.45, 2.75) is 0 Å². The lowest BCUT2D eigenvalue weighted by Crippen LogP contribution is -1.96. The Balaban J connectivity index is 3.25. The monoisotopic (exact) mass is 193 g/mol. The highest BCUT2D eigenvalue weighted by atomic mass is 16.6. The van der Waals surface area contributed by atoms with Crippen LogP contribution in [0.2, 0.25) is 0 Å². The van der Waals surface area contributed by atoms with Gasteiger partial charge in [-0.05, 0) is 18.2 Å². The van der Waals surface area contributed by atoms with Gasteiger partial charge < -0.3 is 5.11 Å². The van der Waals surface area contributed by atoms with E-state index in [2.05, 4.69) is 6.58 Å². The van der Waals surface area contributed by atoms with Gasteiger partial charge in [0.25, 0.3) is 0 Å². The van der Waals surface area contributed by atoms with Gasteiger partial charge in [-0.3, -0.25) is 14.9 Å². The van der Waals surface area contributed by atoms with E-state index in [0.717, 1.165) is 18.2 Å². The predicted molar refractivity (Wildman–Crippen MR) is 49.3 cm³/mol. The lowest BCUT2D eigenvalue weighted by Gasteiger charge is -1.98. The largest absolute Gasteiger partial charge is 0.502 e. The number of carbonyl (C=O) groups excluding carboxylic acids is 1. The second-order valence-electron chi connectivity index (χ2n) is 2.53. The molecule has 0 fully saturated rings. The van der Waals surface area contributed by atoms with Gasteiger partial charge in [0.15, 0.2) is 11.5 Å². The quantitative estimate of drug-likeness (QED) is 0.342. The first-order valence-electron chi connectivity index (χ1n) is 3.70.